The Kier molecular flexibility index (Phi) is 14.3. The van der Waals surface area contributed by atoms with Gasteiger partial charge in [-0.15, -0.1) is 0 Å². The van der Waals surface area contributed by atoms with Gasteiger partial charge in [-0.25, -0.2) is 14.8 Å². The highest BCUT2D eigenvalue weighted by molar-refractivity contribution is 7.51. The number of benzene rings is 2. The summed E-state index contributed by atoms with van der Waals surface area (Å²) in [6, 6.07) is 20.7. The van der Waals surface area contributed by atoms with Crippen LogP contribution in [0.15, 0.2) is 96.3 Å². The molecule has 290 valence electrons. The van der Waals surface area contributed by atoms with Gasteiger partial charge >= 0.3 is 13.3 Å². The van der Waals surface area contributed by atoms with Crippen LogP contribution in [0.2, 0.25) is 0 Å². The number of hydrogen-bond acceptors (Lipinski definition) is 13. The van der Waals surface area contributed by atoms with Crippen molar-refractivity contribution in [3.8, 4) is 11.3 Å². The maximum absolute atomic E-state index is 12.9. The minimum Gasteiger partial charge on any atom is -0.394 e. The van der Waals surface area contributed by atoms with E-state index in [9.17, 15) is 14.2 Å². The molecule has 2 aromatic carbocycles. The number of aromatic nitrogens is 5. The molecule has 6 rings (SSSR count). The summed E-state index contributed by atoms with van der Waals surface area (Å²) in [7, 11) is -2.15. The number of aliphatic hydroxyl groups is 1. The van der Waals surface area contributed by atoms with Crippen molar-refractivity contribution in [1.82, 2.24) is 34.3 Å². The number of nitrogens with zero attached hydrogens (tertiary/aromatic N) is 7. The van der Waals surface area contributed by atoms with Gasteiger partial charge in [-0.3, -0.25) is 23.8 Å². The van der Waals surface area contributed by atoms with Crippen LogP contribution in [0, 0.1) is 6.92 Å². The van der Waals surface area contributed by atoms with Crippen molar-refractivity contribution in [3.05, 3.63) is 119 Å². The Labute approximate surface area is 318 Å². The number of ether oxygens (including phenoxy) is 1. The lowest BCUT2D eigenvalue weighted by Crippen LogP contribution is -2.43. The Bertz CT molecular complexity index is 2130. The van der Waals surface area contributed by atoms with Gasteiger partial charge in [-0.05, 0) is 73.6 Å². The fourth-order valence-corrected chi connectivity index (χ4v) is 5.85. The van der Waals surface area contributed by atoms with Crippen LogP contribution in [-0.4, -0.2) is 107 Å². The highest BCUT2D eigenvalue weighted by Crippen LogP contribution is 2.34. The lowest BCUT2D eigenvalue weighted by atomic mass is 10.1. The molecule has 55 heavy (non-hydrogen) atoms. The van der Waals surface area contributed by atoms with Crippen molar-refractivity contribution in [2.24, 2.45) is 0 Å². The topological polar surface area (TPSA) is 234 Å². The highest BCUT2D eigenvalue weighted by atomic mass is 31.2. The molecule has 3 aromatic heterocycles. The van der Waals surface area contributed by atoms with Crippen LogP contribution in [-0.2, 0) is 22.4 Å². The minimum atomic E-state index is -4.31. The number of carbonyl (C=O) groups excluding carboxylic acids is 1. The highest BCUT2D eigenvalue weighted by Gasteiger charge is 2.19. The average Bonchev–Trinajstić information content (AvgIpc) is 3.17. The standard InChI is InChI=1S/C29H31N7O.C8H14N3O6P/c1-21-5-10-25(18-27(21)34-29-31-13-11-26(33-29)24-4-3-12-30-19-24)32-28(37)23-8-6-22(7-9-23)20-36-16-14-35(2)15-17-36;9-7-1-2-11(8(13)10-7)3-6(4-12)17-5-18(14,15)16/h3-13,18-19H,14-17,20H2,1-2H3,(H,32,37)(H,31,33,34);1-2,6,12H,3-5H2,(H2,9,10,13)(H2,14,15,16)/t;6-/m.0/s1. The molecular weight excluding hydrogens is 727 g/mol. The van der Waals surface area contributed by atoms with Gasteiger partial charge in [0.1, 0.15) is 12.2 Å². The quantitative estimate of drug-likeness (QED) is 0.0945. The van der Waals surface area contributed by atoms with Gasteiger partial charge in [-0.2, -0.15) is 4.98 Å². The largest absolute Gasteiger partial charge is 0.394 e. The van der Waals surface area contributed by atoms with E-state index >= 15 is 0 Å². The number of nitrogen functional groups attached to an aromatic ring is 1. The molecule has 0 unspecified atom stereocenters. The van der Waals surface area contributed by atoms with Gasteiger partial charge in [0.2, 0.25) is 5.95 Å². The Hall–Kier alpha value is -5.39. The molecule has 1 saturated heterocycles. The molecule has 0 spiro atoms. The summed E-state index contributed by atoms with van der Waals surface area (Å²) >= 11 is 0. The molecular formula is C37H45N10O7P. The Morgan fingerprint density at radius 3 is 2.45 bits per heavy atom. The van der Waals surface area contributed by atoms with E-state index in [0.717, 1.165) is 59.8 Å². The predicted molar refractivity (Wildman–Crippen MR) is 209 cm³/mol. The van der Waals surface area contributed by atoms with E-state index < -0.39 is 32.3 Å². The fraction of sp³-hybridized carbons (Fsp3) is 0.297. The zero-order valence-corrected chi connectivity index (χ0v) is 31.4. The molecule has 7 N–H and O–H groups in total. The van der Waals surface area contributed by atoms with Crippen LogP contribution in [0.5, 0.6) is 0 Å². The predicted octanol–water partition coefficient (Wildman–Crippen LogP) is 2.93. The molecule has 0 bridgehead atoms. The monoisotopic (exact) mass is 772 g/mol. The number of aliphatic hydroxyl groups excluding tert-OH is 1. The maximum Gasteiger partial charge on any atom is 0.350 e. The number of hydrogen-bond donors (Lipinski definition) is 6. The van der Waals surface area contributed by atoms with Crippen molar-refractivity contribution >= 4 is 36.6 Å². The van der Waals surface area contributed by atoms with Crippen molar-refractivity contribution in [2.45, 2.75) is 26.1 Å². The Balaban J connectivity index is 0.000000272. The molecule has 1 aliphatic heterocycles. The van der Waals surface area contributed by atoms with Crippen molar-refractivity contribution in [2.75, 3.05) is 62.5 Å². The second kappa shape index (κ2) is 19.3. The van der Waals surface area contributed by atoms with Crippen molar-refractivity contribution < 1.29 is 29.0 Å². The third-order valence-electron chi connectivity index (χ3n) is 8.55. The molecule has 0 saturated carbocycles. The first-order valence-electron chi connectivity index (χ1n) is 17.4. The Morgan fingerprint density at radius 2 is 1.78 bits per heavy atom. The second-order valence-electron chi connectivity index (χ2n) is 12.9. The number of nitrogens with two attached hydrogens (primary N) is 1. The number of amides is 1. The van der Waals surface area contributed by atoms with E-state index in [0.29, 0.717) is 17.2 Å². The van der Waals surface area contributed by atoms with E-state index in [-0.39, 0.29) is 18.3 Å². The number of carbonyl (C=O) groups is 1. The average molecular weight is 773 g/mol. The number of rotatable bonds is 13. The molecule has 17 nitrogen and oxygen atoms in total. The summed E-state index contributed by atoms with van der Waals surface area (Å²) in [6.07, 6.45) is 4.83. The van der Waals surface area contributed by atoms with Gasteiger partial charge in [0.25, 0.3) is 5.91 Å². The molecule has 4 heterocycles. The summed E-state index contributed by atoms with van der Waals surface area (Å²) in [5.41, 5.74) is 10.7. The number of anilines is 4. The third kappa shape index (κ3) is 12.9. The first kappa shape index (κ1) is 40.8. The number of aryl methyl sites for hydroxylation is 1. The zero-order valence-electron chi connectivity index (χ0n) is 30.5. The molecule has 1 aliphatic rings. The first-order valence-corrected chi connectivity index (χ1v) is 19.2. The van der Waals surface area contributed by atoms with Crippen molar-refractivity contribution in [3.63, 3.8) is 0 Å². The van der Waals surface area contributed by atoms with Gasteiger partial charge < -0.3 is 40.9 Å². The Morgan fingerprint density at radius 1 is 1.02 bits per heavy atom. The van der Waals surface area contributed by atoms with Crippen LogP contribution in [0.25, 0.3) is 11.3 Å². The number of likely N-dealkylation sites (N-methyl/N-ethyl adjacent to an activating group) is 1. The van der Waals surface area contributed by atoms with Gasteiger partial charge in [-0.1, -0.05) is 18.2 Å². The van der Waals surface area contributed by atoms with Crippen LogP contribution in [0.4, 0.5) is 23.1 Å². The van der Waals surface area contributed by atoms with Crippen LogP contribution in [0.3, 0.4) is 0 Å². The smallest absolute Gasteiger partial charge is 0.350 e. The van der Waals surface area contributed by atoms with Gasteiger partial charge in [0.05, 0.1) is 24.9 Å². The summed E-state index contributed by atoms with van der Waals surface area (Å²) in [6.45, 7) is 6.67. The normalized spacial score (nSPS) is 14.1. The van der Waals surface area contributed by atoms with Gasteiger partial charge in [0.15, 0.2) is 0 Å². The first-order chi connectivity index (χ1) is 26.3. The van der Waals surface area contributed by atoms with E-state index in [1.165, 1.54) is 17.8 Å². The van der Waals surface area contributed by atoms with Crippen molar-refractivity contribution in [1.29, 1.82) is 0 Å². The lowest BCUT2D eigenvalue weighted by Gasteiger charge is -2.32. The van der Waals surface area contributed by atoms with Crippen LogP contribution >= 0.6 is 7.60 Å². The lowest BCUT2D eigenvalue weighted by molar-refractivity contribution is 0.0188. The molecule has 5 aromatic rings. The fourth-order valence-electron chi connectivity index (χ4n) is 5.44. The number of pyridine rings is 1. The minimum absolute atomic E-state index is 0.0629. The summed E-state index contributed by atoms with van der Waals surface area (Å²) < 4.78 is 16.5. The summed E-state index contributed by atoms with van der Waals surface area (Å²) in [5.74, 6) is 0.396. The van der Waals surface area contributed by atoms with Crippen LogP contribution < -0.4 is 22.1 Å². The summed E-state index contributed by atoms with van der Waals surface area (Å²) in [4.78, 5) is 63.0. The second-order valence-corrected chi connectivity index (χ2v) is 14.5. The van der Waals surface area contributed by atoms with Gasteiger partial charge in [0, 0.05) is 80.0 Å². The van der Waals surface area contributed by atoms with E-state index in [1.54, 1.807) is 18.6 Å². The molecule has 1 amide bonds. The van der Waals surface area contributed by atoms with E-state index in [2.05, 4.69) is 47.4 Å². The molecule has 0 radical (unpaired) electrons. The maximum atomic E-state index is 12.9. The molecule has 0 aliphatic carbocycles. The summed E-state index contributed by atoms with van der Waals surface area (Å²) in [5, 5.41) is 15.3. The number of nitrogens with one attached hydrogen (secondary N) is 2. The van der Waals surface area contributed by atoms with E-state index in [1.807, 2.05) is 67.6 Å². The molecule has 18 heteroatoms. The SMILES string of the molecule is Cc1ccc(NC(=O)c2ccc(CN3CCN(C)CC3)cc2)cc1Nc1nccc(-c2cccnc2)n1.Nc1ccn(C[C@@H](CO)OCP(=O)(O)O)c(=O)n1. The van der Waals surface area contributed by atoms with Crippen LogP contribution in [0.1, 0.15) is 21.5 Å². The third-order valence-corrected chi connectivity index (χ3v) is 9.04. The number of piperazine rings is 1. The molecule has 1 atom stereocenters. The zero-order chi connectivity index (χ0) is 39.4. The molecule has 1 fully saturated rings. The van der Waals surface area contributed by atoms with E-state index in [4.69, 9.17) is 25.4 Å².